The van der Waals surface area contributed by atoms with E-state index in [1.807, 2.05) is 61.5 Å². The Morgan fingerprint density at radius 2 is 1.67 bits per heavy atom. The molecule has 0 radical (unpaired) electrons. The van der Waals surface area contributed by atoms with Crippen LogP contribution in [-0.2, 0) is 0 Å². The van der Waals surface area contributed by atoms with Crippen LogP contribution in [0.5, 0.6) is 0 Å². The van der Waals surface area contributed by atoms with E-state index in [0.717, 1.165) is 45.9 Å². The second kappa shape index (κ2) is 11.0. The van der Waals surface area contributed by atoms with E-state index in [2.05, 4.69) is 76.0 Å². The first kappa shape index (κ1) is 24.9. The number of nitrogens with one attached hydrogen (secondary N) is 3. The molecule has 0 aliphatic rings. The van der Waals surface area contributed by atoms with Crippen LogP contribution in [0.2, 0.25) is 0 Å². The number of nitrogens with zero attached hydrogens (tertiary/aromatic N) is 4. The van der Waals surface area contributed by atoms with Crippen LogP contribution >= 0.6 is 0 Å². The smallest absolute Gasteiger partial charge is 0.323 e. The number of rotatable bonds is 8. The third-order valence-electron chi connectivity index (χ3n) is 5.89. The third kappa shape index (κ3) is 5.89. The van der Waals surface area contributed by atoms with Gasteiger partial charge in [-0.15, -0.1) is 5.10 Å². The lowest BCUT2D eigenvalue weighted by molar-refractivity contribution is 0.262. The Bertz CT molecular complexity index is 1300. The normalized spacial score (nSPS) is 11.1. The summed E-state index contributed by atoms with van der Waals surface area (Å²) in [5, 5.41) is 20.4. The number of H-pyrrole nitrogens is 1. The molecule has 3 aromatic carbocycles. The largest absolute Gasteiger partial charge is 0.367 e. The number of anilines is 3. The average Bonchev–Trinajstić information content (AvgIpc) is 3.39. The fourth-order valence-electron chi connectivity index (χ4n) is 4.17. The molecule has 4 rings (SSSR count). The number of amides is 2. The van der Waals surface area contributed by atoms with Crippen LogP contribution < -0.4 is 15.5 Å². The summed E-state index contributed by atoms with van der Waals surface area (Å²) in [5.41, 5.74) is 6.37. The molecule has 36 heavy (non-hydrogen) atoms. The molecule has 0 atom stereocenters. The molecule has 0 unspecified atom stereocenters. The zero-order chi connectivity index (χ0) is 25.7. The standard InChI is InChI=1S/C28H33N7O/c1-18(2)17-35(19(3)4)26-15-12-21(23-8-6-7-9-24(23)27-31-33-34-32-27)16-25(26)30-28(36)29-22-13-10-20(5)11-14-22/h6-16,18-19H,17H2,1-5H3,(H2,29,30,36)(H,31,32,33,34). The van der Waals surface area contributed by atoms with Crippen molar-refractivity contribution in [1.82, 2.24) is 20.6 Å². The Morgan fingerprint density at radius 3 is 2.31 bits per heavy atom. The van der Waals surface area contributed by atoms with Gasteiger partial charge in [-0.25, -0.2) is 9.89 Å². The summed E-state index contributed by atoms with van der Waals surface area (Å²) >= 11 is 0. The first-order chi connectivity index (χ1) is 17.3. The van der Waals surface area contributed by atoms with Crippen LogP contribution in [0.25, 0.3) is 22.5 Å². The minimum atomic E-state index is -0.293. The zero-order valence-electron chi connectivity index (χ0n) is 21.4. The summed E-state index contributed by atoms with van der Waals surface area (Å²) in [4.78, 5) is 15.4. The Labute approximate surface area is 212 Å². The maximum Gasteiger partial charge on any atom is 0.323 e. The lowest BCUT2D eigenvalue weighted by Gasteiger charge is -2.33. The predicted molar refractivity (Wildman–Crippen MR) is 146 cm³/mol. The van der Waals surface area contributed by atoms with Gasteiger partial charge in [0.1, 0.15) is 0 Å². The highest BCUT2D eigenvalue weighted by atomic mass is 16.2. The fraction of sp³-hybridized carbons (Fsp3) is 0.286. The summed E-state index contributed by atoms with van der Waals surface area (Å²) < 4.78 is 0. The second-order valence-electron chi connectivity index (χ2n) is 9.61. The van der Waals surface area contributed by atoms with Gasteiger partial charge in [-0.05, 0) is 72.5 Å². The van der Waals surface area contributed by atoms with Crippen LogP contribution in [0.15, 0.2) is 66.7 Å². The molecule has 8 nitrogen and oxygen atoms in total. The summed E-state index contributed by atoms with van der Waals surface area (Å²) in [6.07, 6.45) is 0. The summed E-state index contributed by atoms with van der Waals surface area (Å²) in [7, 11) is 0. The zero-order valence-corrected chi connectivity index (χ0v) is 21.4. The minimum absolute atomic E-state index is 0.256. The monoisotopic (exact) mass is 483 g/mol. The van der Waals surface area contributed by atoms with Crippen LogP contribution in [0.3, 0.4) is 0 Å². The molecule has 1 aromatic heterocycles. The van der Waals surface area contributed by atoms with E-state index in [0.29, 0.717) is 11.7 Å². The molecule has 3 N–H and O–H groups in total. The number of aryl methyl sites for hydroxylation is 1. The predicted octanol–water partition coefficient (Wildman–Crippen LogP) is 6.36. The lowest BCUT2D eigenvalue weighted by atomic mass is 9.97. The number of urea groups is 1. The molecule has 0 saturated carbocycles. The van der Waals surface area contributed by atoms with Crippen molar-refractivity contribution in [2.24, 2.45) is 5.92 Å². The number of aromatic amines is 1. The van der Waals surface area contributed by atoms with E-state index < -0.39 is 0 Å². The van der Waals surface area contributed by atoms with Gasteiger partial charge in [0.15, 0.2) is 5.82 Å². The topological polar surface area (TPSA) is 98.8 Å². The van der Waals surface area contributed by atoms with Crippen LogP contribution in [0, 0.1) is 12.8 Å². The van der Waals surface area contributed by atoms with Gasteiger partial charge in [0.25, 0.3) is 0 Å². The maximum absolute atomic E-state index is 13.1. The molecule has 1 heterocycles. The van der Waals surface area contributed by atoms with E-state index in [-0.39, 0.29) is 12.1 Å². The van der Waals surface area contributed by atoms with Crippen molar-refractivity contribution in [3.63, 3.8) is 0 Å². The SMILES string of the molecule is Cc1ccc(NC(=O)Nc2cc(-c3ccccc3-c3nnn[nH]3)ccc2N(CC(C)C)C(C)C)cc1. The first-order valence-corrected chi connectivity index (χ1v) is 12.2. The number of carbonyl (C=O) groups excluding carboxylic acids is 1. The number of tetrazole rings is 1. The first-order valence-electron chi connectivity index (χ1n) is 12.2. The van der Waals surface area contributed by atoms with E-state index >= 15 is 0 Å². The number of hydrogen-bond donors (Lipinski definition) is 3. The fourth-order valence-corrected chi connectivity index (χ4v) is 4.17. The Kier molecular flexibility index (Phi) is 7.63. The second-order valence-corrected chi connectivity index (χ2v) is 9.61. The van der Waals surface area contributed by atoms with Crippen molar-refractivity contribution >= 4 is 23.1 Å². The number of carbonyl (C=O) groups is 1. The number of aromatic nitrogens is 4. The number of hydrogen-bond acceptors (Lipinski definition) is 5. The van der Waals surface area contributed by atoms with E-state index in [1.165, 1.54) is 0 Å². The molecule has 2 amide bonds. The van der Waals surface area contributed by atoms with Crippen LogP contribution in [0.1, 0.15) is 33.3 Å². The summed E-state index contributed by atoms with van der Waals surface area (Å²) in [6.45, 7) is 11.6. The van der Waals surface area contributed by atoms with Crippen LogP contribution in [-0.4, -0.2) is 39.2 Å². The van der Waals surface area contributed by atoms with Crippen molar-refractivity contribution in [1.29, 1.82) is 0 Å². The molecular weight excluding hydrogens is 450 g/mol. The van der Waals surface area contributed by atoms with Crippen molar-refractivity contribution < 1.29 is 4.79 Å². The number of benzene rings is 3. The molecule has 8 heteroatoms. The summed E-state index contributed by atoms with van der Waals surface area (Å²) in [6, 6.07) is 21.8. The maximum atomic E-state index is 13.1. The Balaban J connectivity index is 1.74. The Hall–Kier alpha value is -4.20. The third-order valence-corrected chi connectivity index (χ3v) is 5.89. The van der Waals surface area contributed by atoms with E-state index in [9.17, 15) is 4.79 Å². The Morgan fingerprint density at radius 1 is 0.944 bits per heavy atom. The van der Waals surface area contributed by atoms with Crippen molar-refractivity contribution in [2.45, 2.75) is 40.7 Å². The molecule has 4 aromatic rings. The van der Waals surface area contributed by atoms with Crippen LogP contribution in [0.4, 0.5) is 21.9 Å². The highest BCUT2D eigenvalue weighted by Gasteiger charge is 2.19. The molecule has 0 aliphatic heterocycles. The van der Waals surface area contributed by atoms with Gasteiger partial charge in [0.05, 0.1) is 11.4 Å². The molecule has 0 aliphatic carbocycles. The highest BCUT2D eigenvalue weighted by molar-refractivity contribution is 6.02. The van der Waals surface area contributed by atoms with Crippen molar-refractivity contribution in [3.05, 3.63) is 72.3 Å². The molecule has 0 spiro atoms. The van der Waals surface area contributed by atoms with Gasteiger partial charge in [-0.3, -0.25) is 0 Å². The molecule has 0 fully saturated rings. The molecule has 0 bridgehead atoms. The molecule has 0 saturated heterocycles. The quantitative estimate of drug-likeness (QED) is 0.271. The van der Waals surface area contributed by atoms with Crippen molar-refractivity contribution in [2.75, 3.05) is 22.1 Å². The average molecular weight is 484 g/mol. The van der Waals surface area contributed by atoms with Gasteiger partial charge >= 0.3 is 6.03 Å². The minimum Gasteiger partial charge on any atom is -0.367 e. The van der Waals surface area contributed by atoms with Gasteiger partial charge in [0, 0.05) is 23.8 Å². The lowest BCUT2D eigenvalue weighted by Crippen LogP contribution is -2.35. The highest BCUT2D eigenvalue weighted by Crippen LogP contribution is 2.36. The van der Waals surface area contributed by atoms with E-state index in [1.54, 1.807) is 0 Å². The summed E-state index contributed by atoms with van der Waals surface area (Å²) in [5.74, 6) is 1.05. The molecular formula is C28H33N7O. The van der Waals surface area contributed by atoms with Gasteiger partial charge in [-0.1, -0.05) is 61.9 Å². The van der Waals surface area contributed by atoms with Gasteiger partial charge in [0.2, 0.25) is 0 Å². The molecule has 186 valence electrons. The van der Waals surface area contributed by atoms with Crippen molar-refractivity contribution in [3.8, 4) is 22.5 Å². The van der Waals surface area contributed by atoms with E-state index in [4.69, 9.17) is 0 Å². The van der Waals surface area contributed by atoms with Gasteiger partial charge in [-0.2, -0.15) is 0 Å². The van der Waals surface area contributed by atoms with Gasteiger partial charge < -0.3 is 15.5 Å².